The Morgan fingerprint density at radius 1 is 1.09 bits per heavy atom. The number of nitrogens with zero attached hydrogens (tertiary/aromatic N) is 4. The smallest absolute Gasteiger partial charge is 0.224 e. The van der Waals surface area contributed by atoms with Gasteiger partial charge in [-0.1, -0.05) is 6.07 Å². The Morgan fingerprint density at radius 3 is 2.50 bits per heavy atom. The van der Waals surface area contributed by atoms with Gasteiger partial charge in [-0.15, -0.1) is 0 Å². The van der Waals surface area contributed by atoms with Gasteiger partial charge in [0.15, 0.2) is 5.65 Å². The SMILES string of the molecule is CC(C)(O)[C@H]1CC[C@@H](Nc2ncc3nc(Nc4c(F)cccc4F)n(C4CCOCC4)c3n2)C1. The quantitative estimate of drug-likeness (QED) is 0.484. The van der Waals surface area contributed by atoms with Crippen molar-refractivity contribution in [1.82, 2.24) is 19.5 Å². The normalized spacial score (nSPS) is 21.8. The molecule has 1 saturated heterocycles. The molecule has 3 heterocycles. The topological polar surface area (TPSA) is 97.1 Å². The van der Waals surface area contributed by atoms with Gasteiger partial charge in [-0.2, -0.15) is 4.98 Å². The third-order valence-electron chi connectivity index (χ3n) is 6.95. The summed E-state index contributed by atoms with van der Waals surface area (Å²) in [7, 11) is 0. The fourth-order valence-electron chi connectivity index (χ4n) is 5.00. The molecule has 2 fully saturated rings. The number of aromatic nitrogens is 4. The first kappa shape index (κ1) is 22.9. The highest BCUT2D eigenvalue weighted by Gasteiger charge is 2.35. The van der Waals surface area contributed by atoms with E-state index in [1.54, 1.807) is 6.20 Å². The van der Waals surface area contributed by atoms with E-state index in [2.05, 4.69) is 20.6 Å². The van der Waals surface area contributed by atoms with Crippen LogP contribution in [0.15, 0.2) is 24.4 Å². The van der Waals surface area contributed by atoms with Crippen LogP contribution < -0.4 is 10.6 Å². The molecule has 182 valence electrons. The molecule has 1 aliphatic carbocycles. The third kappa shape index (κ3) is 4.56. The van der Waals surface area contributed by atoms with E-state index in [0.29, 0.717) is 36.3 Å². The molecule has 0 unspecified atom stereocenters. The number of fused-ring (bicyclic) bond motifs is 1. The van der Waals surface area contributed by atoms with Crippen LogP contribution in [0.3, 0.4) is 0 Å². The summed E-state index contributed by atoms with van der Waals surface area (Å²) in [6.45, 7) is 4.88. The molecule has 1 saturated carbocycles. The van der Waals surface area contributed by atoms with Crippen molar-refractivity contribution in [3.8, 4) is 0 Å². The van der Waals surface area contributed by atoms with Gasteiger partial charge in [0.05, 0.1) is 11.8 Å². The van der Waals surface area contributed by atoms with Crippen LogP contribution in [0.5, 0.6) is 0 Å². The number of hydrogen-bond acceptors (Lipinski definition) is 7. The van der Waals surface area contributed by atoms with Gasteiger partial charge < -0.3 is 20.5 Å². The van der Waals surface area contributed by atoms with Crippen molar-refractivity contribution in [2.24, 2.45) is 5.92 Å². The van der Waals surface area contributed by atoms with Crippen LogP contribution >= 0.6 is 0 Å². The lowest BCUT2D eigenvalue weighted by Gasteiger charge is -2.26. The van der Waals surface area contributed by atoms with Crippen molar-refractivity contribution < 1.29 is 18.6 Å². The number of para-hydroxylation sites is 1. The second kappa shape index (κ2) is 9.07. The van der Waals surface area contributed by atoms with Gasteiger partial charge in [0, 0.05) is 25.3 Å². The first-order valence-electron chi connectivity index (χ1n) is 11.8. The molecule has 0 amide bonds. The minimum Gasteiger partial charge on any atom is -0.390 e. The Bertz CT molecular complexity index is 1150. The van der Waals surface area contributed by atoms with E-state index in [4.69, 9.17) is 9.72 Å². The van der Waals surface area contributed by atoms with Crippen LogP contribution in [0.1, 0.15) is 52.0 Å². The summed E-state index contributed by atoms with van der Waals surface area (Å²) in [6.07, 6.45) is 5.81. The average Bonchev–Trinajstić information content (AvgIpc) is 3.41. The van der Waals surface area contributed by atoms with Crippen LogP contribution in [-0.4, -0.2) is 49.5 Å². The number of halogens is 2. The number of nitrogens with one attached hydrogen (secondary N) is 2. The molecular formula is C24H30F2N6O2. The third-order valence-corrected chi connectivity index (χ3v) is 6.95. The van der Waals surface area contributed by atoms with E-state index >= 15 is 0 Å². The zero-order valence-electron chi connectivity index (χ0n) is 19.4. The van der Waals surface area contributed by atoms with Crippen LogP contribution in [0.4, 0.5) is 26.4 Å². The zero-order chi connectivity index (χ0) is 23.9. The lowest BCUT2D eigenvalue weighted by atomic mass is 9.90. The lowest BCUT2D eigenvalue weighted by Crippen LogP contribution is -2.30. The van der Waals surface area contributed by atoms with E-state index in [-0.39, 0.29) is 23.7 Å². The molecule has 2 aliphatic rings. The van der Waals surface area contributed by atoms with Gasteiger partial charge in [-0.05, 0) is 64.0 Å². The van der Waals surface area contributed by atoms with Gasteiger partial charge in [0.25, 0.3) is 0 Å². The average molecular weight is 473 g/mol. The van der Waals surface area contributed by atoms with Crippen LogP contribution in [0.2, 0.25) is 0 Å². The summed E-state index contributed by atoms with van der Waals surface area (Å²) in [5, 5.41) is 16.6. The Labute approximate surface area is 196 Å². The number of rotatable bonds is 6. The van der Waals surface area contributed by atoms with Crippen molar-refractivity contribution in [1.29, 1.82) is 0 Å². The Kier molecular flexibility index (Phi) is 6.11. The summed E-state index contributed by atoms with van der Waals surface area (Å²) < 4.78 is 36.1. The second-order valence-corrected chi connectivity index (χ2v) is 9.78. The monoisotopic (exact) mass is 472 g/mol. The van der Waals surface area contributed by atoms with Crippen molar-refractivity contribution in [2.75, 3.05) is 23.8 Å². The van der Waals surface area contributed by atoms with Crippen molar-refractivity contribution in [3.05, 3.63) is 36.0 Å². The molecule has 0 bridgehead atoms. The Hall–Kier alpha value is -2.85. The van der Waals surface area contributed by atoms with E-state index < -0.39 is 17.2 Å². The van der Waals surface area contributed by atoms with E-state index in [9.17, 15) is 13.9 Å². The maximum absolute atomic E-state index is 14.4. The lowest BCUT2D eigenvalue weighted by molar-refractivity contribution is 0.0197. The summed E-state index contributed by atoms with van der Waals surface area (Å²) in [5.41, 5.74) is 0.171. The summed E-state index contributed by atoms with van der Waals surface area (Å²) in [5.74, 6) is -0.373. The molecular weight excluding hydrogens is 442 g/mol. The molecule has 8 nitrogen and oxygen atoms in total. The van der Waals surface area contributed by atoms with Crippen molar-refractivity contribution >= 4 is 28.7 Å². The molecule has 5 rings (SSSR count). The molecule has 3 N–H and O–H groups in total. The Balaban J connectivity index is 1.48. The standard InChI is InChI=1S/C24H30F2N6O2/c1-24(2,33)14-6-7-15(12-14)28-22-27-13-19-21(31-22)32(16-8-10-34-11-9-16)23(29-19)30-20-17(25)4-3-5-18(20)26/h3-5,13-16,33H,6-12H2,1-2H3,(H,29,30)(H,27,28,31)/t14-,15+/m0/s1. The molecule has 2 aromatic heterocycles. The summed E-state index contributed by atoms with van der Waals surface area (Å²) in [6, 6.07) is 3.92. The zero-order valence-corrected chi connectivity index (χ0v) is 19.4. The first-order chi connectivity index (χ1) is 16.3. The van der Waals surface area contributed by atoms with Gasteiger partial charge in [0.2, 0.25) is 11.9 Å². The first-order valence-corrected chi connectivity index (χ1v) is 11.8. The molecule has 0 radical (unpaired) electrons. The maximum Gasteiger partial charge on any atom is 0.224 e. The Morgan fingerprint density at radius 2 is 1.82 bits per heavy atom. The minimum absolute atomic E-state index is 0.0184. The molecule has 10 heteroatoms. The molecule has 0 spiro atoms. The molecule has 2 atom stereocenters. The number of ether oxygens (including phenoxy) is 1. The van der Waals surface area contributed by atoms with Gasteiger partial charge >= 0.3 is 0 Å². The largest absolute Gasteiger partial charge is 0.390 e. The summed E-state index contributed by atoms with van der Waals surface area (Å²) in [4.78, 5) is 13.8. The number of benzene rings is 1. The number of anilines is 3. The molecule has 1 aromatic carbocycles. The van der Waals surface area contributed by atoms with Crippen LogP contribution in [0, 0.1) is 17.6 Å². The fourth-order valence-corrected chi connectivity index (χ4v) is 5.00. The van der Waals surface area contributed by atoms with E-state index in [1.165, 1.54) is 18.2 Å². The minimum atomic E-state index is -0.717. The van der Waals surface area contributed by atoms with Crippen LogP contribution in [-0.2, 0) is 4.74 Å². The number of aliphatic hydroxyl groups is 1. The van der Waals surface area contributed by atoms with Crippen molar-refractivity contribution in [2.45, 2.75) is 63.6 Å². The predicted molar refractivity (Wildman–Crippen MR) is 125 cm³/mol. The van der Waals surface area contributed by atoms with E-state index in [0.717, 1.165) is 32.1 Å². The highest BCUT2D eigenvalue weighted by atomic mass is 19.1. The van der Waals surface area contributed by atoms with Crippen LogP contribution in [0.25, 0.3) is 11.2 Å². The number of imidazole rings is 1. The fraction of sp³-hybridized carbons (Fsp3) is 0.542. The predicted octanol–water partition coefficient (Wildman–Crippen LogP) is 4.55. The number of hydrogen-bond donors (Lipinski definition) is 3. The van der Waals surface area contributed by atoms with Crippen molar-refractivity contribution in [3.63, 3.8) is 0 Å². The molecule has 1 aliphatic heterocycles. The second-order valence-electron chi connectivity index (χ2n) is 9.78. The van der Waals surface area contributed by atoms with Gasteiger partial charge in [-0.3, -0.25) is 4.57 Å². The highest BCUT2D eigenvalue weighted by molar-refractivity contribution is 5.76. The highest BCUT2D eigenvalue weighted by Crippen LogP contribution is 2.36. The maximum atomic E-state index is 14.4. The molecule has 34 heavy (non-hydrogen) atoms. The van der Waals surface area contributed by atoms with Gasteiger partial charge in [0.1, 0.15) is 22.8 Å². The summed E-state index contributed by atoms with van der Waals surface area (Å²) >= 11 is 0. The van der Waals surface area contributed by atoms with E-state index in [1.807, 2.05) is 18.4 Å². The molecule has 3 aromatic rings. The van der Waals surface area contributed by atoms with Gasteiger partial charge in [-0.25, -0.2) is 18.7 Å².